The fourth-order valence-corrected chi connectivity index (χ4v) is 3.72. The molecule has 0 heterocycles. The van der Waals surface area contributed by atoms with Crippen molar-refractivity contribution in [2.45, 2.75) is 30.8 Å². The maximum absolute atomic E-state index is 12.3. The maximum atomic E-state index is 12.3. The highest BCUT2D eigenvalue weighted by Gasteiger charge is 2.23. The molecule has 24 heavy (non-hydrogen) atoms. The first kappa shape index (κ1) is 18.4. The van der Waals surface area contributed by atoms with Crippen molar-refractivity contribution >= 4 is 27.5 Å². The summed E-state index contributed by atoms with van der Waals surface area (Å²) >= 11 is 6.11. The van der Waals surface area contributed by atoms with Crippen LogP contribution in [0.3, 0.4) is 0 Å². The molecule has 0 saturated heterocycles. The molecule has 5 nitrogen and oxygen atoms in total. The van der Waals surface area contributed by atoms with Gasteiger partial charge in [-0.2, -0.15) is 4.72 Å². The van der Waals surface area contributed by atoms with Gasteiger partial charge >= 0.3 is 0 Å². The van der Waals surface area contributed by atoms with E-state index in [-0.39, 0.29) is 10.9 Å². The summed E-state index contributed by atoms with van der Waals surface area (Å²) in [5.41, 5.74) is 0.769. The van der Waals surface area contributed by atoms with Gasteiger partial charge in [-0.05, 0) is 37.6 Å². The first-order valence-electron chi connectivity index (χ1n) is 7.43. The molecule has 7 heteroatoms. The Labute approximate surface area is 147 Å². The van der Waals surface area contributed by atoms with Gasteiger partial charge in [-0.1, -0.05) is 48.0 Å². The van der Waals surface area contributed by atoms with E-state index in [0.717, 1.165) is 5.56 Å². The first-order valence-corrected chi connectivity index (χ1v) is 9.29. The molecule has 0 aliphatic carbocycles. The lowest BCUT2D eigenvalue weighted by molar-refractivity contribution is -0.123. The largest absolute Gasteiger partial charge is 0.348 e. The second-order valence-electron chi connectivity index (χ2n) is 5.41. The number of carbonyl (C=O) groups is 1. The van der Waals surface area contributed by atoms with Crippen molar-refractivity contribution in [3.8, 4) is 0 Å². The van der Waals surface area contributed by atoms with E-state index in [1.54, 1.807) is 37.3 Å². The third kappa shape index (κ3) is 4.56. The van der Waals surface area contributed by atoms with Crippen LogP contribution in [0, 0.1) is 0 Å². The highest BCUT2D eigenvalue weighted by atomic mass is 35.5. The minimum Gasteiger partial charge on any atom is -0.348 e. The zero-order chi connectivity index (χ0) is 17.7. The molecule has 0 radical (unpaired) electrons. The van der Waals surface area contributed by atoms with Crippen molar-refractivity contribution in [1.82, 2.24) is 10.0 Å². The third-order valence-electron chi connectivity index (χ3n) is 3.51. The molecule has 1 amide bonds. The minimum atomic E-state index is -3.75. The lowest BCUT2D eigenvalue weighted by Crippen LogP contribution is -2.45. The van der Waals surface area contributed by atoms with Gasteiger partial charge in [-0.15, -0.1) is 0 Å². The summed E-state index contributed by atoms with van der Waals surface area (Å²) in [6, 6.07) is 13.8. The Bertz CT molecular complexity index is 810. The SMILES string of the molecule is CC(NS(=O)(=O)c1ccccc1)C(=O)NC(C)c1ccccc1Cl. The van der Waals surface area contributed by atoms with Crippen molar-refractivity contribution < 1.29 is 13.2 Å². The van der Waals surface area contributed by atoms with E-state index < -0.39 is 22.0 Å². The summed E-state index contributed by atoms with van der Waals surface area (Å²) in [6.07, 6.45) is 0. The van der Waals surface area contributed by atoms with Gasteiger partial charge in [0.25, 0.3) is 0 Å². The molecule has 128 valence electrons. The average Bonchev–Trinajstić information content (AvgIpc) is 2.55. The molecule has 2 rings (SSSR count). The Morgan fingerprint density at radius 3 is 2.21 bits per heavy atom. The number of halogens is 1. The van der Waals surface area contributed by atoms with Crippen LogP contribution in [0.4, 0.5) is 0 Å². The van der Waals surface area contributed by atoms with Crippen LogP contribution in [-0.2, 0) is 14.8 Å². The van der Waals surface area contributed by atoms with Crippen LogP contribution < -0.4 is 10.0 Å². The second kappa shape index (κ2) is 7.79. The Morgan fingerprint density at radius 2 is 1.58 bits per heavy atom. The Balaban J connectivity index is 2.04. The fourth-order valence-electron chi connectivity index (χ4n) is 2.20. The first-order chi connectivity index (χ1) is 11.3. The predicted molar refractivity (Wildman–Crippen MR) is 94.2 cm³/mol. The smallest absolute Gasteiger partial charge is 0.241 e. The molecule has 0 spiro atoms. The van der Waals surface area contributed by atoms with Crippen LogP contribution in [0.25, 0.3) is 0 Å². The van der Waals surface area contributed by atoms with Crippen LogP contribution in [0.1, 0.15) is 25.5 Å². The molecule has 0 aliphatic heterocycles. The van der Waals surface area contributed by atoms with Gasteiger partial charge in [0.1, 0.15) is 0 Å². The fraction of sp³-hybridized carbons (Fsp3) is 0.235. The van der Waals surface area contributed by atoms with Crippen molar-refractivity contribution in [1.29, 1.82) is 0 Å². The number of amides is 1. The zero-order valence-electron chi connectivity index (χ0n) is 13.4. The van der Waals surface area contributed by atoms with Crippen molar-refractivity contribution in [2.75, 3.05) is 0 Å². The van der Waals surface area contributed by atoms with E-state index in [2.05, 4.69) is 10.0 Å². The van der Waals surface area contributed by atoms with Gasteiger partial charge in [-0.3, -0.25) is 4.79 Å². The van der Waals surface area contributed by atoms with Gasteiger partial charge in [0, 0.05) is 5.02 Å². The lowest BCUT2D eigenvalue weighted by Gasteiger charge is -2.19. The van der Waals surface area contributed by atoms with Gasteiger partial charge in [0.2, 0.25) is 15.9 Å². The van der Waals surface area contributed by atoms with Crippen LogP contribution in [0.15, 0.2) is 59.5 Å². The van der Waals surface area contributed by atoms with E-state index in [0.29, 0.717) is 5.02 Å². The summed E-state index contributed by atoms with van der Waals surface area (Å²) < 4.78 is 26.9. The average molecular weight is 367 g/mol. The quantitative estimate of drug-likeness (QED) is 0.825. The van der Waals surface area contributed by atoms with Crippen molar-refractivity contribution in [2.24, 2.45) is 0 Å². The molecule has 2 unspecified atom stereocenters. The van der Waals surface area contributed by atoms with Crippen LogP contribution in [0.2, 0.25) is 5.02 Å². The summed E-state index contributed by atoms with van der Waals surface area (Å²) in [5.74, 6) is -0.429. The molecule has 0 aromatic heterocycles. The number of nitrogens with one attached hydrogen (secondary N) is 2. The Morgan fingerprint density at radius 1 is 1.00 bits per heavy atom. The number of hydrogen-bond acceptors (Lipinski definition) is 3. The second-order valence-corrected chi connectivity index (χ2v) is 7.53. The molecule has 0 aliphatic rings. The number of carbonyl (C=O) groups excluding carboxylic acids is 1. The van der Waals surface area contributed by atoms with Gasteiger partial charge in [0.15, 0.2) is 0 Å². The van der Waals surface area contributed by atoms with Crippen LogP contribution in [-0.4, -0.2) is 20.4 Å². The van der Waals surface area contributed by atoms with E-state index in [4.69, 9.17) is 11.6 Å². The maximum Gasteiger partial charge on any atom is 0.241 e. The summed E-state index contributed by atoms with van der Waals surface area (Å²) in [5, 5.41) is 3.30. The molecule has 0 bridgehead atoms. The molecular formula is C17H19ClN2O3S. The standard InChI is InChI=1S/C17H19ClN2O3S/c1-12(15-10-6-7-11-16(15)18)19-17(21)13(2)20-24(22,23)14-8-4-3-5-9-14/h3-13,20H,1-2H3,(H,19,21). The van der Waals surface area contributed by atoms with E-state index in [1.165, 1.54) is 19.1 Å². The van der Waals surface area contributed by atoms with Crippen LogP contribution in [0.5, 0.6) is 0 Å². The molecular weight excluding hydrogens is 348 g/mol. The van der Waals surface area contributed by atoms with Crippen molar-refractivity contribution in [3.05, 3.63) is 65.2 Å². The molecule has 2 N–H and O–H groups in total. The van der Waals surface area contributed by atoms with Gasteiger partial charge in [0.05, 0.1) is 17.0 Å². The monoisotopic (exact) mass is 366 g/mol. The molecule has 2 aromatic rings. The Hall–Kier alpha value is -1.89. The summed E-state index contributed by atoms with van der Waals surface area (Å²) in [6.45, 7) is 3.28. The van der Waals surface area contributed by atoms with E-state index >= 15 is 0 Å². The Kier molecular flexibility index (Phi) is 5.99. The number of benzene rings is 2. The highest BCUT2D eigenvalue weighted by molar-refractivity contribution is 7.89. The third-order valence-corrected chi connectivity index (χ3v) is 5.41. The topological polar surface area (TPSA) is 75.3 Å². The van der Waals surface area contributed by atoms with Crippen LogP contribution >= 0.6 is 11.6 Å². The van der Waals surface area contributed by atoms with E-state index in [1.807, 2.05) is 12.1 Å². The van der Waals surface area contributed by atoms with Crippen molar-refractivity contribution in [3.63, 3.8) is 0 Å². The summed E-state index contributed by atoms with van der Waals surface area (Å²) in [4.78, 5) is 12.4. The van der Waals surface area contributed by atoms with Gasteiger partial charge < -0.3 is 5.32 Å². The molecule has 0 saturated carbocycles. The zero-order valence-corrected chi connectivity index (χ0v) is 14.9. The normalized spacial score (nSPS) is 14.0. The number of rotatable bonds is 6. The van der Waals surface area contributed by atoms with Gasteiger partial charge in [-0.25, -0.2) is 8.42 Å². The van der Waals surface area contributed by atoms with E-state index in [9.17, 15) is 13.2 Å². The lowest BCUT2D eigenvalue weighted by atomic mass is 10.1. The summed E-state index contributed by atoms with van der Waals surface area (Å²) in [7, 11) is -3.75. The highest BCUT2D eigenvalue weighted by Crippen LogP contribution is 2.22. The number of sulfonamides is 1. The number of hydrogen-bond donors (Lipinski definition) is 2. The molecule has 2 atom stereocenters. The molecule has 0 fully saturated rings. The molecule has 2 aromatic carbocycles. The predicted octanol–water partition coefficient (Wildman–Crippen LogP) is 2.88. The minimum absolute atomic E-state index is 0.115.